The van der Waals surface area contributed by atoms with Crippen LogP contribution in [0.15, 0.2) is 71.2 Å². The smallest absolute Gasteiger partial charge is 0.255 e. The Bertz CT molecular complexity index is 1730. The largest absolute Gasteiger partial charge is 0.511 e. The number of fused-ring (bicyclic) bond motifs is 4. The number of carbonyl (C=O) groups is 4. The van der Waals surface area contributed by atoms with Gasteiger partial charge in [0.2, 0.25) is 5.78 Å². The van der Waals surface area contributed by atoms with Crippen molar-refractivity contribution in [3.63, 3.8) is 0 Å². The van der Waals surface area contributed by atoms with Crippen LogP contribution in [0.25, 0.3) is 21.9 Å². The number of aliphatic hydroxyl groups is 3. The van der Waals surface area contributed by atoms with E-state index in [0.29, 0.717) is 16.7 Å². The molecule has 9 nitrogen and oxygen atoms in total. The predicted molar refractivity (Wildman–Crippen MR) is 139 cm³/mol. The van der Waals surface area contributed by atoms with Crippen LogP contribution in [0.2, 0.25) is 0 Å². The van der Waals surface area contributed by atoms with E-state index in [9.17, 15) is 39.6 Å². The fourth-order valence-electron chi connectivity index (χ4n) is 6.53. The standard InChI is InChI=1S/C30H23NO8/c31-29(38)25-22(34)11-15-9-14-10-20-19(18-6-5-13(12-32)16-3-1-2-4-17(16)18)7-8-21(33)24(20)26(35)23(14)27(36)30(15,39)28(25)37/h1-8,12,14-15,33-34,36,39H,9-11H2,(H2,31,38)/t14-,15+,30+/m1/s1. The Hall–Kier alpha value is -4.76. The summed E-state index contributed by atoms with van der Waals surface area (Å²) in [5.74, 6) is -6.69. The zero-order valence-electron chi connectivity index (χ0n) is 20.5. The van der Waals surface area contributed by atoms with Crippen LogP contribution in [0.3, 0.4) is 0 Å². The number of aldehydes is 1. The van der Waals surface area contributed by atoms with Crippen LogP contribution in [-0.4, -0.2) is 49.8 Å². The van der Waals surface area contributed by atoms with Gasteiger partial charge in [-0.3, -0.25) is 19.2 Å². The molecule has 0 fully saturated rings. The Kier molecular flexibility index (Phi) is 5.27. The lowest BCUT2D eigenvalue weighted by molar-refractivity contribution is -0.144. The van der Waals surface area contributed by atoms with Gasteiger partial charge in [-0.25, -0.2) is 0 Å². The Morgan fingerprint density at radius 2 is 1.64 bits per heavy atom. The van der Waals surface area contributed by atoms with Crippen molar-refractivity contribution in [2.45, 2.75) is 24.9 Å². The molecule has 39 heavy (non-hydrogen) atoms. The van der Waals surface area contributed by atoms with E-state index in [1.165, 1.54) is 6.07 Å². The molecule has 9 heteroatoms. The molecule has 3 aliphatic rings. The molecule has 0 spiro atoms. The minimum atomic E-state index is -2.61. The van der Waals surface area contributed by atoms with Crippen LogP contribution < -0.4 is 5.73 Å². The molecule has 3 aromatic carbocycles. The summed E-state index contributed by atoms with van der Waals surface area (Å²) in [6, 6.07) is 13.8. The lowest BCUT2D eigenvalue weighted by Crippen LogP contribution is -2.57. The number of nitrogens with two attached hydrogens (primary N) is 1. The first kappa shape index (κ1) is 24.6. The number of aromatic hydroxyl groups is 1. The van der Waals surface area contributed by atoms with E-state index < -0.39 is 52.0 Å². The first-order chi connectivity index (χ1) is 18.6. The second-order valence-corrected chi connectivity index (χ2v) is 10.3. The molecule has 0 unspecified atom stereocenters. The molecule has 3 atom stereocenters. The molecule has 3 aromatic rings. The van der Waals surface area contributed by atoms with Gasteiger partial charge in [0, 0.05) is 23.5 Å². The van der Waals surface area contributed by atoms with Crippen molar-refractivity contribution in [3.8, 4) is 16.9 Å². The van der Waals surface area contributed by atoms with Gasteiger partial charge in [-0.2, -0.15) is 0 Å². The van der Waals surface area contributed by atoms with E-state index in [-0.39, 0.29) is 36.1 Å². The summed E-state index contributed by atoms with van der Waals surface area (Å²) in [6.07, 6.45) is 0.703. The van der Waals surface area contributed by atoms with Gasteiger partial charge in [-0.15, -0.1) is 0 Å². The van der Waals surface area contributed by atoms with Crippen molar-refractivity contribution >= 4 is 34.5 Å². The third-order valence-electron chi connectivity index (χ3n) is 8.32. The van der Waals surface area contributed by atoms with Crippen LogP contribution in [-0.2, 0) is 16.0 Å². The van der Waals surface area contributed by atoms with Crippen LogP contribution in [0, 0.1) is 11.8 Å². The van der Waals surface area contributed by atoms with Crippen molar-refractivity contribution in [1.82, 2.24) is 0 Å². The summed E-state index contributed by atoms with van der Waals surface area (Å²) >= 11 is 0. The molecule has 6 rings (SSSR count). The first-order valence-electron chi connectivity index (χ1n) is 12.4. The van der Waals surface area contributed by atoms with Gasteiger partial charge in [0.1, 0.15) is 22.8 Å². The topological polar surface area (TPSA) is 175 Å². The van der Waals surface area contributed by atoms with E-state index in [4.69, 9.17) is 5.73 Å². The number of ketones is 2. The zero-order valence-corrected chi connectivity index (χ0v) is 20.5. The monoisotopic (exact) mass is 525 g/mol. The second-order valence-electron chi connectivity index (χ2n) is 10.3. The number of hydrogen-bond acceptors (Lipinski definition) is 8. The maximum atomic E-state index is 13.8. The molecule has 0 radical (unpaired) electrons. The minimum absolute atomic E-state index is 0.0445. The zero-order chi connectivity index (χ0) is 27.8. The van der Waals surface area contributed by atoms with E-state index in [1.54, 1.807) is 18.2 Å². The van der Waals surface area contributed by atoms with Crippen molar-refractivity contribution in [2.75, 3.05) is 0 Å². The Labute approximate surface area is 221 Å². The SMILES string of the molecule is NC(=O)C1=C(O)C[C@@H]2C[C@@H]3Cc4c(-c5ccc(C=O)c6ccccc56)ccc(O)c4C(=O)C3=C(O)[C@]2(O)C1=O. The molecule has 0 saturated heterocycles. The molecular formula is C30H23NO8. The summed E-state index contributed by atoms with van der Waals surface area (Å²) in [7, 11) is 0. The van der Waals surface area contributed by atoms with E-state index in [0.717, 1.165) is 22.6 Å². The van der Waals surface area contributed by atoms with Crippen LogP contribution >= 0.6 is 0 Å². The summed E-state index contributed by atoms with van der Waals surface area (Å²) in [5.41, 5.74) is 3.97. The van der Waals surface area contributed by atoms with Gasteiger partial charge >= 0.3 is 0 Å². The van der Waals surface area contributed by atoms with Crippen LogP contribution in [0.1, 0.15) is 39.1 Å². The maximum Gasteiger partial charge on any atom is 0.255 e. The average molecular weight is 526 g/mol. The number of phenolic OH excluding ortho intramolecular Hbond substituents is 1. The minimum Gasteiger partial charge on any atom is -0.511 e. The second kappa shape index (κ2) is 8.37. The Morgan fingerprint density at radius 1 is 0.949 bits per heavy atom. The average Bonchev–Trinajstić information content (AvgIpc) is 2.90. The van der Waals surface area contributed by atoms with Gasteiger partial charge in [0.25, 0.3) is 5.91 Å². The molecule has 196 valence electrons. The van der Waals surface area contributed by atoms with Gasteiger partial charge in [0.15, 0.2) is 17.7 Å². The third kappa shape index (κ3) is 3.23. The van der Waals surface area contributed by atoms with Crippen LogP contribution in [0.4, 0.5) is 0 Å². The molecule has 6 N–H and O–H groups in total. The van der Waals surface area contributed by atoms with Crippen molar-refractivity contribution in [1.29, 1.82) is 0 Å². The number of primary amides is 1. The molecule has 0 aromatic heterocycles. The summed E-state index contributed by atoms with van der Waals surface area (Å²) in [5, 5.41) is 45.2. The van der Waals surface area contributed by atoms with Crippen molar-refractivity contribution in [2.24, 2.45) is 17.6 Å². The summed E-state index contributed by atoms with van der Waals surface area (Å²) < 4.78 is 0. The highest BCUT2D eigenvalue weighted by Gasteiger charge is 2.59. The third-order valence-corrected chi connectivity index (χ3v) is 8.32. The number of rotatable bonds is 3. The van der Waals surface area contributed by atoms with Gasteiger partial charge in [-0.05, 0) is 52.3 Å². The number of Topliss-reactive ketones (excluding diaryl/α,β-unsaturated/α-hetero) is 2. The molecule has 1 amide bonds. The van der Waals surface area contributed by atoms with Gasteiger partial charge in [-0.1, -0.05) is 42.5 Å². The number of aliphatic hydroxyl groups excluding tert-OH is 2. The number of hydrogen-bond donors (Lipinski definition) is 5. The summed E-state index contributed by atoms with van der Waals surface area (Å²) in [6.45, 7) is 0. The molecular weight excluding hydrogens is 502 g/mol. The molecule has 0 saturated carbocycles. The Morgan fingerprint density at radius 3 is 2.33 bits per heavy atom. The fourth-order valence-corrected chi connectivity index (χ4v) is 6.53. The normalized spacial score (nSPS) is 24.3. The number of amides is 1. The molecule has 0 heterocycles. The number of carbonyl (C=O) groups excluding carboxylic acids is 4. The number of allylic oxidation sites excluding steroid dienone is 2. The molecule has 0 aliphatic heterocycles. The fraction of sp³-hybridized carbons (Fsp3) is 0.200. The molecule has 3 aliphatic carbocycles. The number of benzene rings is 3. The van der Waals surface area contributed by atoms with E-state index >= 15 is 0 Å². The molecule has 0 bridgehead atoms. The quantitative estimate of drug-likeness (QED) is 0.256. The highest BCUT2D eigenvalue weighted by molar-refractivity contribution is 6.24. The van der Waals surface area contributed by atoms with Crippen molar-refractivity contribution < 1.29 is 39.6 Å². The highest BCUT2D eigenvalue weighted by atomic mass is 16.3. The lowest BCUT2D eigenvalue weighted by Gasteiger charge is -2.45. The number of phenols is 1. The van der Waals surface area contributed by atoms with E-state index in [2.05, 4.69) is 0 Å². The lowest BCUT2D eigenvalue weighted by atomic mass is 9.60. The van der Waals surface area contributed by atoms with Gasteiger partial charge in [0.05, 0.1) is 5.56 Å². The van der Waals surface area contributed by atoms with E-state index in [1.807, 2.05) is 24.3 Å². The summed E-state index contributed by atoms with van der Waals surface area (Å²) in [4.78, 5) is 50.4. The van der Waals surface area contributed by atoms with Crippen molar-refractivity contribution in [3.05, 3.63) is 87.9 Å². The predicted octanol–water partition coefficient (Wildman–Crippen LogP) is 3.21. The first-order valence-corrected chi connectivity index (χ1v) is 12.4. The maximum absolute atomic E-state index is 13.8. The highest BCUT2D eigenvalue weighted by Crippen LogP contribution is 2.52. The Balaban J connectivity index is 1.55. The van der Waals surface area contributed by atoms with Crippen LogP contribution in [0.5, 0.6) is 5.75 Å². The van der Waals surface area contributed by atoms with Gasteiger partial charge < -0.3 is 26.2 Å².